The Morgan fingerprint density at radius 3 is 3.13 bits per heavy atom. The summed E-state index contributed by atoms with van der Waals surface area (Å²) in [4.78, 5) is 27.8. The summed E-state index contributed by atoms with van der Waals surface area (Å²) >= 11 is 1.55. The van der Waals surface area contributed by atoms with E-state index in [1.165, 1.54) is 18.2 Å². The van der Waals surface area contributed by atoms with E-state index in [9.17, 15) is 4.79 Å². The number of hydrogen-bond donors (Lipinski definition) is 1. The van der Waals surface area contributed by atoms with Gasteiger partial charge in [-0.1, -0.05) is 0 Å². The zero-order valence-corrected chi connectivity index (χ0v) is 14.3. The molecular weight excluding hydrogens is 310 g/mol. The molecule has 1 atom stereocenters. The molecule has 1 aliphatic heterocycles. The first-order chi connectivity index (χ1) is 11.1. The second-order valence-corrected chi connectivity index (χ2v) is 7.14. The number of carbonyl (C=O) groups is 1. The molecule has 1 fully saturated rings. The second kappa shape index (κ2) is 7.14. The van der Waals surface area contributed by atoms with Gasteiger partial charge in [0.15, 0.2) is 5.13 Å². The standard InChI is InChI=1S/C16H21N5OS/c1-11-3-5-17-15(19-11)7-13-4-6-21(9-13)10-14-8-18-16(23-14)20-12(2)22/h3,5,8,13H,4,6-7,9-10H2,1-2H3,(H,18,20,22)/t13-/m1/s1. The van der Waals surface area contributed by atoms with Crippen molar-refractivity contribution in [2.45, 2.75) is 33.2 Å². The first-order valence-corrected chi connectivity index (χ1v) is 8.63. The molecule has 6 nitrogen and oxygen atoms in total. The van der Waals surface area contributed by atoms with Gasteiger partial charge in [-0.2, -0.15) is 0 Å². The summed E-state index contributed by atoms with van der Waals surface area (Å²) in [6.45, 7) is 6.54. The molecule has 122 valence electrons. The van der Waals surface area contributed by atoms with Gasteiger partial charge in [0, 0.05) is 49.4 Å². The molecule has 0 aromatic carbocycles. The predicted molar refractivity (Wildman–Crippen MR) is 90.3 cm³/mol. The quantitative estimate of drug-likeness (QED) is 0.910. The fraction of sp³-hybridized carbons (Fsp3) is 0.500. The Morgan fingerprint density at radius 2 is 2.35 bits per heavy atom. The lowest BCUT2D eigenvalue weighted by molar-refractivity contribution is -0.114. The molecule has 2 aromatic rings. The smallest absolute Gasteiger partial charge is 0.223 e. The number of aromatic nitrogens is 3. The molecule has 7 heteroatoms. The van der Waals surface area contributed by atoms with Crippen LogP contribution in [0.3, 0.4) is 0 Å². The Kier molecular flexibility index (Phi) is 4.97. The molecule has 0 aliphatic carbocycles. The van der Waals surface area contributed by atoms with Crippen molar-refractivity contribution < 1.29 is 4.79 Å². The molecule has 3 rings (SSSR count). The van der Waals surface area contributed by atoms with E-state index < -0.39 is 0 Å². The Hall–Kier alpha value is -1.86. The van der Waals surface area contributed by atoms with Gasteiger partial charge in [-0.05, 0) is 31.9 Å². The van der Waals surface area contributed by atoms with Gasteiger partial charge in [0.05, 0.1) is 0 Å². The van der Waals surface area contributed by atoms with Gasteiger partial charge >= 0.3 is 0 Å². The number of anilines is 1. The third kappa shape index (κ3) is 4.56. The number of carbonyl (C=O) groups excluding carboxylic acids is 1. The molecular formula is C16H21N5OS. The fourth-order valence-corrected chi connectivity index (χ4v) is 3.79. The van der Waals surface area contributed by atoms with Gasteiger partial charge in [-0.3, -0.25) is 9.69 Å². The minimum absolute atomic E-state index is 0.0784. The first kappa shape index (κ1) is 16.0. The van der Waals surface area contributed by atoms with Crippen LogP contribution in [-0.4, -0.2) is 38.8 Å². The van der Waals surface area contributed by atoms with E-state index in [-0.39, 0.29) is 5.91 Å². The molecule has 0 radical (unpaired) electrons. The second-order valence-electron chi connectivity index (χ2n) is 6.02. The maximum atomic E-state index is 11.0. The molecule has 0 spiro atoms. The monoisotopic (exact) mass is 331 g/mol. The molecule has 2 aromatic heterocycles. The van der Waals surface area contributed by atoms with E-state index in [0.717, 1.165) is 37.6 Å². The van der Waals surface area contributed by atoms with E-state index in [1.54, 1.807) is 11.3 Å². The number of nitrogens with zero attached hydrogens (tertiary/aromatic N) is 4. The zero-order chi connectivity index (χ0) is 16.2. The van der Waals surface area contributed by atoms with Gasteiger partial charge in [0.1, 0.15) is 5.82 Å². The van der Waals surface area contributed by atoms with Crippen LogP contribution in [-0.2, 0) is 17.8 Å². The average molecular weight is 331 g/mol. The number of likely N-dealkylation sites (tertiary alicyclic amines) is 1. The van der Waals surface area contributed by atoms with Crippen LogP contribution >= 0.6 is 11.3 Å². The summed E-state index contributed by atoms with van der Waals surface area (Å²) in [5, 5.41) is 3.41. The molecule has 0 unspecified atom stereocenters. The van der Waals surface area contributed by atoms with Crippen molar-refractivity contribution in [2.24, 2.45) is 5.92 Å². The van der Waals surface area contributed by atoms with Gasteiger partial charge in [0.25, 0.3) is 0 Å². The van der Waals surface area contributed by atoms with Crippen LogP contribution in [0.25, 0.3) is 0 Å². The Balaban J connectivity index is 1.51. The molecule has 3 heterocycles. The van der Waals surface area contributed by atoms with Gasteiger partial charge in [-0.15, -0.1) is 11.3 Å². The summed E-state index contributed by atoms with van der Waals surface area (Å²) in [6.07, 6.45) is 5.81. The lowest BCUT2D eigenvalue weighted by Crippen LogP contribution is -2.20. The van der Waals surface area contributed by atoms with Crippen LogP contribution < -0.4 is 5.32 Å². The van der Waals surface area contributed by atoms with E-state index in [1.807, 2.05) is 25.4 Å². The van der Waals surface area contributed by atoms with Crippen LogP contribution in [0.2, 0.25) is 0 Å². The largest absolute Gasteiger partial charge is 0.302 e. The minimum atomic E-state index is -0.0784. The van der Waals surface area contributed by atoms with Crippen LogP contribution in [0.4, 0.5) is 5.13 Å². The van der Waals surface area contributed by atoms with Crippen molar-refractivity contribution in [3.8, 4) is 0 Å². The highest BCUT2D eigenvalue weighted by Crippen LogP contribution is 2.25. The highest BCUT2D eigenvalue weighted by Gasteiger charge is 2.24. The summed E-state index contributed by atoms with van der Waals surface area (Å²) in [5.41, 5.74) is 1.03. The predicted octanol–water partition coefficient (Wildman–Crippen LogP) is 2.26. The maximum absolute atomic E-state index is 11.0. The number of aryl methyl sites for hydroxylation is 1. The fourth-order valence-electron chi connectivity index (χ4n) is 2.89. The number of nitrogens with one attached hydrogen (secondary N) is 1. The number of rotatable bonds is 5. The molecule has 0 bridgehead atoms. The highest BCUT2D eigenvalue weighted by atomic mass is 32.1. The van der Waals surface area contributed by atoms with Crippen LogP contribution in [0.5, 0.6) is 0 Å². The Morgan fingerprint density at radius 1 is 1.48 bits per heavy atom. The van der Waals surface area contributed by atoms with Crippen LogP contribution in [0.15, 0.2) is 18.5 Å². The van der Waals surface area contributed by atoms with Gasteiger partial charge in [0.2, 0.25) is 5.91 Å². The molecule has 23 heavy (non-hydrogen) atoms. The molecule has 1 saturated heterocycles. The van der Waals surface area contributed by atoms with E-state index >= 15 is 0 Å². The highest BCUT2D eigenvalue weighted by molar-refractivity contribution is 7.15. The normalized spacial score (nSPS) is 18.3. The number of amides is 1. The molecule has 1 amide bonds. The Labute approximate surface area is 140 Å². The van der Waals surface area contributed by atoms with Crippen LogP contribution in [0, 0.1) is 12.8 Å². The summed E-state index contributed by atoms with van der Waals surface area (Å²) in [7, 11) is 0. The number of thiazole rings is 1. The summed E-state index contributed by atoms with van der Waals surface area (Å²) < 4.78 is 0. The van der Waals surface area contributed by atoms with Crippen molar-refractivity contribution in [3.63, 3.8) is 0 Å². The Bertz CT molecular complexity index is 687. The SMILES string of the molecule is CC(=O)Nc1ncc(CN2CC[C@H](Cc3nccc(C)n3)C2)s1. The lowest BCUT2D eigenvalue weighted by atomic mass is 10.0. The summed E-state index contributed by atoms with van der Waals surface area (Å²) in [5.74, 6) is 1.48. The third-order valence-electron chi connectivity index (χ3n) is 3.90. The lowest BCUT2D eigenvalue weighted by Gasteiger charge is -2.14. The van der Waals surface area contributed by atoms with Crippen molar-refractivity contribution in [3.05, 3.63) is 34.9 Å². The average Bonchev–Trinajstić information content (AvgIpc) is 3.09. The van der Waals surface area contributed by atoms with E-state index in [4.69, 9.17) is 0 Å². The van der Waals surface area contributed by atoms with Crippen molar-refractivity contribution in [1.82, 2.24) is 19.9 Å². The van der Waals surface area contributed by atoms with Crippen molar-refractivity contribution in [1.29, 1.82) is 0 Å². The first-order valence-electron chi connectivity index (χ1n) is 7.81. The maximum Gasteiger partial charge on any atom is 0.223 e. The molecule has 0 saturated carbocycles. The van der Waals surface area contributed by atoms with Crippen molar-refractivity contribution in [2.75, 3.05) is 18.4 Å². The van der Waals surface area contributed by atoms with Crippen LogP contribution in [0.1, 0.15) is 29.7 Å². The summed E-state index contributed by atoms with van der Waals surface area (Å²) in [6, 6.07) is 1.93. The topological polar surface area (TPSA) is 71.0 Å². The number of hydrogen-bond acceptors (Lipinski definition) is 6. The van der Waals surface area contributed by atoms with E-state index in [0.29, 0.717) is 11.0 Å². The van der Waals surface area contributed by atoms with Gasteiger partial charge in [-0.25, -0.2) is 15.0 Å². The van der Waals surface area contributed by atoms with E-state index in [2.05, 4.69) is 25.2 Å². The molecule has 1 N–H and O–H groups in total. The van der Waals surface area contributed by atoms with Gasteiger partial charge < -0.3 is 5.32 Å². The minimum Gasteiger partial charge on any atom is -0.302 e. The van der Waals surface area contributed by atoms with Crippen molar-refractivity contribution >= 4 is 22.4 Å². The molecule has 1 aliphatic rings. The third-order valence-corrected chi connectivity index (χ3v) is 4.80. The zero-order valence-electron chi connectivity index (χ0n) is 13.5.